The first-order valence-corrected chi connectivity index (χ1v) is 16.9. The molecule has 12 heteroatoms. The Hall–Kier alpha value is -3.38. The van der Waals surface area contributed by atoms with Crippen molar-refractivity contribution >= 4 is 17.6 Å². The van der Waals surface area contributed by atoms with E-state index < -0.39 is 47.0 Å². The summed E-state index contributed by atoms with van der Waals surface area (Å²) in [5, 5.41) is 9.49. The number of benzene rings is 2. The number of carbonyl (C=O) groups is 2. The fourth-order valence-corrected chi connectivity index (χ4v) is 8.22. The van der Waals surface area contributed by atoms with Gasteiger partial charge in [0, 0.05) is 76.4 Å². The first-order chi connectivity index (χ1) is 22.9. The van der Waals surface area contributed by atoms with Crippen LogP contribution in [0.25, 0.3) is 0 Å². The second kappa shape index (κ2) is 13.9. The van der Waals surface area contributed by atoms with E-state index in [1.54, 1.807) is 24.1 Å². The number of anilines is 1. The molecule has 262 valence electrons. The van der Waals surface area contributed by atoms with Gasteiger partial charge in [0.2, 0.25) is 5.67 Å². The Labute approximate surface area is 279 Å². The predicted molar refractivity (Wildman–Crippen MR) is 172 cm³/mol. The number of aliphatic carboxylic acids is 1. The molecule has 2 aromatic carbocycles. The Kier molecular flexibility index (Phi) is 9.95. The van der Waals surface area contributed by atoms with Crippen LogP contribution in [0.5, 0.6) is 5.75 Å². The van der Waals surface area contributed by atoms with Crippen LogP contribution in [0.2, 0.25) is 0 Å². The molecule has 3 aliphatic heterocycles. The SMILES string of the molecule is COC[C@H]1CN(C(=O)[C@]2(F)CN(CC3CCC3)C[C@H]2c2ccc(OC)cc2)C[C@@H]1c1ccc(C(F)(F)F)cc1N1CCC(C(=O)O)CC1. The summed E-state index contributed by atoms with van der Waals surface area (Å²) < 4.78 is 70.2. The number of nitrogens with zero attached hydrogens (tertiary/aromatic N) is 3. The second-order valence-corrected chi connectivity index (χ2v) is 14.1. The smallest absolute Gasteiger partial charge is 0.416 e. The minimum Gasteiger partial charge on any atom is -0.497 e. The fourth-order valence-electron chi connectivity index (χ4n) is 8.22. The quantitative estimate of drug-likeness (QED) is 0.319. The number of halogens is 4. The third-order valence-electron chi connectivity index (χ3n) is 11.1. The van der Waals surface area contributed by atoms with E-state index in [0.717, 1.165) is 37.1 Å². The van der Waals surface area contributed by atoms with Crippen molar-refractivity contribution in [3.63, 3.8) is 0 Å². The number of likely N-dealkylation sites (tertiary alicyclic amines) is 2. The van der Waals surface area contributed by atoms with Gasteiger partial charge in [-0.25, -0.2) is 4.39 Å². The molecular weight excluding hydrogens is 630 g/mol. The van der Waals surface area contributed by atoms with E-state index in [2.05, 4.69) is 4.90 Å². The van der Waals surface area contributed by atoms with E-state index in [9.17, 15) is 27.9 Å². The maximum absolute atomic E-state index is 17.5. The summed E-state index contributed by atoms with van der Waals surface area (Å²) in [4.78, 5) is 31.5. The molecule has 48 heavy (non-hydrogen) atoms. The summed E-state index contributed by atoms with van der Waals surface area (Å²) >= 11 is 0. The van der Waals surface area contributed by atoms with Crippen molar-refractivity contribution < 1.29 is 41.7 Å². The molecule has 1 saturated carbocycles. The molecule has 0 aromatic heterocycles. The van der Waals surface area contributed by atoms with Gasteiger partial charge in [0.05, 0.1) is 25.2 Å². The third kappa shape index (κ3) is 6.88. The molecule has 1 aliphatic carbocycles. The van der Waals surface area contributed by atoms with Crippen LogP contribution in [0.1, 0.15) is 60.6 Å². The highest BCUT2D eigenvalue weighted by Gasteiger charge is 2.57. The van der Waals surface area contributed by atoms with Crippen LogP contribution in [0.3, 0.4) is 0 Å². The standard InChI is InChI=1S/C36H45F4N3O5/c1-47-21-26-18-43(19-30(26)29-11-8-27(36(38,39)40)16-32(29)42-14-12-25(13-15-42)33(44)45)34(46)35(37)22-41(17-23-4-3-5-23)20-31(35)24-6-9-28(48-2)10-7-24/h6-11,16,23,25-26,30-31H,3-5,12-15,17-22H2,1-2H3,(H,44,45)/t26-,30+,31+,35+/m1/s1. The highest BCUT2D eigenvalue weighted by atomic mass is 19.4. The van der Waals surface area contributed by atoms with Crippen LogP contribution < -0.4 is 9.64 Å². The first-order valence-electron chi connectivity index (χ1n) is 16.9. The van der Waals surface area contributed by atoms with Crippen molar-refractivity contribution in [2.75, 3.05) is 71.5 Å². The Bertz CT molecular complexity index is 1460. The monoisotopic (exact) mass is 675 g/mol. The number of carbonyl (C=O) groups excluding carboxylic acids is 1. The second-order valence-electron chi connectivity index (χ2n) is 14.1. The number of amides is 1. The van der Waals surface area contributed by atoms with Crippen molar-refractivity contribution in [1.82, 2.24) is 9.80 Å². The van der Waals surface area contributed by atoms with E-state index in [1.807, 2.05) is 17.0 Å². The average Bonchev–Trinajstić information content (AvgIpc) is 3.63. The van der Waals surface area contributed by atoms with E-state index in [-0.39, 0.29) is 32.2 Å². The van der Waals surface area contributed by atoms with Gasteiger partial charge in [-0.3, -0.25) is 14.5 Å². The van der Waals surface area contributed by atoms with Gasteiger partial charge < -0.3 is 24.4 Å². The van der Waals surface area contributed by atoms with Crippen LogP contribution in [-0.2, 0) is 20.5 Å². The van der Waals surface area contributed by atoms with Gasteiger partial charge in [-0.15, -0.1) is 0 Å². The van der Waals surface area contributed by atoms with Crippen molar-refractivity contribution in [2.24, 2.45) is 17.8 Å². The highest BCUT2D eigenvalue weighted by molar-refractivity contribution is 5.88. The van der Waals surface area contributed by atoms with Crippen LogP contribution in [0.4, 0.5) is 23.2 Å². The number of hydrogen-bond donors (Lipinski definition) is 1. The molecule has 0 spiro atoms. The molecule has 3 heterocycles. The van der Waals surface area contributed by atoms with Crippen LogP contribution in [-0.4, -0.2) is 99.1 Å². The molecule has 3 saturated heterocycles. The van der Waals surface area contributed by atoms with Crippen molar-refractivity contribution in [1.29, 1.82) is 0 Å². The maximum Gasteiger partial charge on any atom is 0.416 e. The lowest BCUT2D eigenvalue weighted by molar-refractivity contribution is -0.143. The molecule has 1 N–H and O–H groups in total. The topological polar surface area (TPSA) is 82.6 Å². The molecule has 2 aromatic rings. The van der Waals surface area contributed by atoms with Crippen molar-refractivity contribution in [3.8, 4) is 5.75 Å². The number of piperidine rings is 1. The summed E-state index contributed by atoms with van der Waals surface area (Å²) in [7, 11) is 3.10. The molecule has 4 aliphatic rings. The Morgan fingerprint density at radius 2 is 1.69 bits per heavy atom. The minimum absolute atomic E-state index is 0.0147. The summed E-state index contributed by atoms with van der Waals surface area (Å²) in [5.74, 6) is -2.28. The summed E-state index contributed by atoms with van der Waals surface area (Å²) in [6.45, 7) is 2.33. The lowest BCUT2D eigenvalue weighted by Gasteiger charge is -2.35. The molecule has 0 unspecified atom stereocenters. The maximum atomic E-state index is 17.5. The van der Waals surface area contributed by atoms with Crippen molar-refractivity contribution in [3.05, 3.63) is 59.2 Å². The van der Waals surface area contributed by atoms with Crippen LogP contribution >= 0.6 is 0 Å². The van der Waals surface area contributed by atoms with Gasteiger partial charge in [-0.05, 0) is 67.0 Å². The lowest BCUT2D eigenvalue weighted by Crippen LogP contribution is -2.50. The first kappa shape index (κ1) is 34.5. The number of carboxylic acid groups (broad SMARTS) is 1. The van der Waals surface area contributed by atoms with Crippen LogP contribution in [0, 0.1) is 17.8 Å². The van der Waals surface area contributed by atoms with Gasteiger partial charge in [-0.1, -0.05) is 24.6 Å². The highest BCUT2D eigenvalue weighted by Crippen LogP contribution is 2.46. The van der Waals surface area contributed by atoms with Crippen molar-refractivity contribution in [2.45, 2.75) is 55.8 Å². The molecule has 6 rings (SSSR count). The molecule has 4 atom stereocenters. The lowest BCUT2D eigenvalue weighted by atomic mass is 9.85. The Balaban J connectivity index is 1.30. The number of alkyl halides is 4. The van der Waals surface area contributed by atoms with Gasteiger partial charge >= 0.3 is 12.1 Å². The Morgan fingerprint density at radius 3 is 2.27 bits per heavy atom. The number of rotatable bonds is 10. The predicted octanol–water partition coefficient (Wildman–Crippen LogP) is 5.81. The number of ether oxygens (including phenoxy) is 2. The third-order valence-corrected chi connectivity index (χ3v) is 11.1. The molecular formula is C36H45F4N3O5. The van der Waals surface area contributed by atoms with E-state index >= 15 is 4.39 Å². The molecule has 0 radical (unpaired) electrons. The van der Waals surface area contributed by atoms with E-state index in [0.29, 0.717) is 55.4 Å². The largest absolute Gasteiger partial charge is 0.497 e. The Morgan fingerprint density at radius 1 is 0.979 bits per heavy atom. The zero-order valence-electron chi connectivity index (χ0n) is 27.6. The summed E-state index contributed by atoms with van der Waals surface area (Å²) in [6.07, 6.45) is -0.562. The summed E-state index contributed by atoms with van der Waals surface area (Å²) in [5.41, 5.74) is -1.24. The molecule has 4 fully saturated rings. The molecule has 8 nitrogen and oxygen atoms in total. The number of hydrogen-bond acceptors (Lipinski definition) is 6. The molecule has 0 bridgehead atoms. The van der Waals surface area contributed by atoms with Crippen LogP contribution in [0.15, 0.2) is 42.5 Å². The average molecular weight is 676 g/mol. The van der Waals surface area contributed by atoms with Gasteiger partial charge in [-0.2, -0.15) is 13.2 Å². The number of methoxy groups -OCH3 is 2. The normalized spacial score (nSPS) is 27.3. The molecule has 1 amide bonds. The summed E-state index contributed by atoms with van der Waals surface area (Å²) in [6, 6.07) is 10.9. The minimum atomic E-state index is -4.57. The van der Waals surface area contributed by atoms with Gasteiger partial charge in [0.15, 0.2) is 0 Å². The zero-order chi connectivity index (χ0) is 34.2. The zero-order valence-corrected chi connectivity index (χ0v) is 27.6. The van der Waals surface area contributed by atoms with E-state index in [4.69, 9.17) is 9.47 Å². The van der Waals surface area contributed by atoms with E-state index in [1.165, 1.54) is 19.6 Å². The van der Waals surface area contributed by atoms with Gasteiger partial charge in [0.25, 0.3) is 5.91 Å². The van der Waals surface area contributed by atoms with Gasteiger partial charge in [0.1, 0.15) is 5.75 Å². The fraction of sp³-hybridized carbons (Fsp3) is 0.611. The number of carboxylic acids is 1.